The Hall–Kier alpha value is -5.08. The van der Waals surface area contributed by atoms with E-state index < -0.39 is 0 Å². The molecule has 0 N–H and O–H groups in total. The van der Waals surface area contributed by atoms with Crippen LogP contribution in [0.1, 0.15) is 52.7 Å². The van der Waals surface area contributed by atoms with Crippen LogP contribution in [-0.2, 0) is 10.8 Å². The standard InChI is InChI=1S/C44H44N2/c1-43(2,3)39-21-13-15-23-41(39)45(35-17-9-7-10-18-35)37-29-25-33(26-30-37)34-27-31-38(32-28-34)46(36-19-11-8-12-20-36)42-24-16-14-22-40(42)44(4,5)6/h7-32H,1-6H3. The molecule has 0 fully saturated rings. The average Bonchev–Trinajstić information content (AvgIpc) is 3.06. The topological polar surface area (TPSA) is 6.48 Å². The molecular weight excluding hydrogens is 556 g/mol. The van der Waals surface area contributed by atoms with Crippen LogP contribution in [0.3, 0.4) is 0 Å². The van der Waals surface area contributed by atoms with Crippen molar-refractivity contribution in [1.29, 1.82) is 0 Å². The molecule has 0 bridgehead atoms. The third kappa shape index (κ3) is 6.48. The first-order valence-electron chi connectivity index (χ1n) is 16.2. The highest BCUT2D eigenvalue weighted by molar-refractivity contribution is 5.82. The second kappa shape index (κ2) is 12.7. The second-order valence-electron chi connectivity index (χ2n) is 14.0. The summed E-state index contributed by atoms with van der Waals surface area (Å²) in [6, 6.07) is 56.7. The minimum absolute atomic E-state index is 0.00629. The van der Waals surface area contributed by atoms with Crippen molar-refractivity contribution in [2.75, 3.05) is 9.80 Å². The number of hydrogen-bond acceptors (Lipinski definition) is 2. The predicted molar refractivity (Wildman–Crippen MR) is 199 cm³/mol. The van der Waals surface area contributed by atoms with Gasteiger partial charge in [0.1, 0.15) is 0 Å². The van der Waals surface area contributed by atoms with Crippen molar-refractivity contribution in [1.82, 2.24) is 0 Å². The van der Waals surface area contributed by atoms with Gasteiger partial charge in [0.2, 0.25) is 0 Å². The minimum Gasteiger partial charge on any atom is -0.310 e. The van der Waals surface area contributed by atoms with E-state index in [-0.39, 0.29) is 10.8 Å². The molecule has 0 aliphatic heterocycles. The molecule has 0 spiro atoms. The van der Waals surface area contributed by atoms with E-state index in [4.69, 9.17) is 0 Å². The zero-order valence-corrected chi connectivity index (χ0v) is 27.9. The quantitative estimate of drug-likeness (QED) is 0.180. The highest BCUT2D eigenvalue weighted by Gasteiger charge is 2.24. The fourth-order valence-corrected chi connectivity index (χ4v) is 6.22. The van der Waals surface area contributed by atoms with E-state index in [1.165, 1.54) is 33.6 Å². The van der Waals surface area contributed by atoms with Crippen LogP contribution in [0.2, 0.25) is 0 Å². The number of rotatable bonds is 7. The van der Waals surface area contributed by atoms with Gasteiger partial charge in [0.05, 0.1) is 0 Å². The average molecular weight is 601 g/mol. The second-order valence-corrected chi connectivity index (χ2v) is 14.0. The van der Waals surface area contributed by atoms with Crippen molar-refractivity contribution in [2.45, 2.75) is 52.4 Å². The summed E-state index contributed by atoms with van der Waals surface area (Å²) in [5.74, 6) is 0. The Labute approximate surface area is 275 Å². The highest BCUT2D eigenvalue weighted by atomic mass is 15.2. The molecule has 0 saturated carbocycles. The van der Waals surface area contributed by atoms with E-state index in [0.29, 0.717) is 0 Å². The molecule has 0 aliphatic rings. The lowest BCUT2D eigenvalue weighted by Crippen LogP contribution is -2.19. The molecule has 0 unspecified atom stereocenters. The molecule has 0 heterocycles. The van der Waals surface area contributed by atoms with Gasteiger partial charge >= 0.3 is 0 Å². The summed E-state index contributed by atoms with van der Waals surface area (Å²) >= 11 is 0. The number of nitrogens with zero attached hydrogens (tertiary/aromatic N) is 2. The Morgan fingerprint density at radius 2 is 0.587 bits per heavy atom. The monoisotopic (exact) mass is 600 g/mol. The van der Waals surface area contributed by atoms with E-state index >= 15 is 0 Å². The Balaban J connectivity index is 1.37. The van der Waals surface area contributed by atoms with Crippen LogP contribution < -0.4 is 9.80 Å². The molecule has 6 aromatic rings. The maximum atomic E-state index is 2.37. The van der Waals surface area contributed by atoms with Crippen molar-refractivity contribution in [3.63, 3.8) is 0 Å². The van der Waals surface area contributed by atoms with Crippen molar-refractivity contribution >= 4 is 34.1 Å². The van der Waals surface area contributed by atoms with E-state index in [9.17, 15) is 0 Å². The first-order chi connectivity index (χ1) is 22.1. The number of anilines is 6. The minimum atomic E-state index is 0.00629. The molecular formula is C44H44N2. The summed E-state index contributed by atoms with van der Waals surface area (Å²) in [5, 5.41) is 0. The van der Waals surface area contributed by atoms with Gasteiger partial charge in [-0.15, -0.1) is 0 Å². The van der Waals surface area contributed by atoms with Crippen molar-refractivity contribution in [2.24, 2.45) is 0 Å². The summed E-state index contributed by atoms with van der Waals surface area (Å²) < 4.78 is 0. The molecule has 0 aliphatic carbocycles. The van der Waals surface area contributed by atoms with Gasteiger partial charge in [-0.2, -0.15) is 0 Å². The Morgan fingerprint density at radius 3 is 0.913 bits per heavy atom. The van der Waals surface area contributed by atoms with Gasteiger partial charge in [0, 0.05) is 34.1 Å². The molecule has 0 saturated heterocycles. The van der Waals surface area contributed by atoms with Crippen LogP contribution in [0.4, 0.5) is 34.1 Å². The smallest absolute Gasteiger partial charge is 0.0498 e. The molecule has 230 valence electrons. The molecule has 0 radical (unpaired) electrons. The van der Waals surface area contributed by atoms with Crippen LogP contribution >= 0.6 is 0 Å². The van der Waals surface area contributed by atoms with Gasteiger partial charge in [-0.3, -0.25) is 0 Å². The Kier molecular flexibility index (Phi) is 8.56. The molecule has 0 aromatic heterocycles. The fraction of sp³-hybridized carbons (Fsp3) is 0.182. The van der Waals surface area contributed by atoms with E-state index in [2.05, 4.69) is 209 Å². The predicted octanol–water partition coefficient (Wildman–Crippen LogP) is 12.9. The lowest BCUT2D eigenvalue weighted by Gasteiger charge is -2.32. The van der Waals surface area contributed by atoms with Crippen LogP contribution in [0.15, 0.2) is 158 Å². The van der Waals surface area contributed by atoms with Crippen molar-refractivity contribution < 1.29 is 0 Å². The molecule has 6 aromatic carbocycles. The zero-order valence-electron chi connectivity index (χ0n) is 27.9. The van der Waals surface area contributed by atoms with E-state index in [0.717, 1.165) is 22.7 Å². The molecule has 2 nitrogen and oxygen atoms in total. The summed E-state index contributed by atoms with van der Waals surface area (Å²) in [7, 11) is 0. The Morgan fingerprint density at radius 1 is 0.304 bits per heavy atom. The zero-order chi connectivity index (χ0) is 32.3. The van der Waals surface area contributed by atoms with Crippen LogP contribution in [0.25, 0.3) is 11.1 Å². The van der Waals surface area contributed by atoms with Gasteiger partial charge in [0.25, 0.3) is 0 Å². The third-order valence-electron chi connectivity index (χ3n) is 8.52. The first-order valence-corrected chi connectivity index (χ1v) is 16.2. The maximum absolute atomic E-state index is 2.37. The Bertz CT molecular complexity index is 1730. The first kappa shape index (κ1) is 30.9. The largest absolute Gasteiger partial charge is 0.310 e. The number of benzene rings is 6. The molecule has 6 rings (SSSR count). The lowest BCUT2D eigenvalue weighted by molar-refractivity contribution is 0.590. The fourth-order valence-electron chi connectivity index (χ4n) is 6.22. The highest BCUT2D eigenvalue weighted by Crippen LogP contribution is 2.43. The maximum Gasteiger partial charge on any atom is 0.0498 e. The summed E-state index contributed by atoms with van der Waals surface area (Å²) in [4.78, 5) is 4.75. The summed E-state index contributed by atoms with van der Waals surface area (Å²) in [6.07, 6.45) is 0. The number of para-hydroxylation sites is 4. The van der Waals surface area contributed by atoms with Crippen molar-refractivity contribution in [3.8, 4) is 11.1 Å². The van der Waals surface area contributed by atoms with Gasteiger partial charge in [-0.1, -0.05) is 139 Å². The lowest BCUT2D eigenvalue weighted by atomic mass is 9.85. The molecule has 2 heteroatoms. The summed E-state index contributed by atoms with van der Waals surface area (Å²) in [6.45, 7) is 13.7. The van der Waals surface area contributed by atoms with Crippen LogP contribution in [0, 0.1) is 0 Å². The van der Waals surface area contributed by atoms with E-state index in [1.807, 2.05) is 0 Å². The third-order valence-corrected chi connectivity index (χ3v) is 8.52. The molecule has 46 heavy (non-hydrogen) atoms. The molecule has 0 atom stereocenters. The van der Waals surface area contributed by atoms with Gasteiger partial charge < -0.3 is 9.80 Å². The van der Waals surface area contributed by atoms with Crippen molar-refractivity contribution in [3.05, 3.63) is 169 Å². The van der Waals surface area contributed by atoms with Gasteiger partial charge in [-0.25, -0.2) is 0 Å². The molecule has 0 amide bonds. The SMILES string of the molecule is CC(C)(C)c1ccccc1N(c1ccccc1)c1ccc(-c2ccc(N(c3ccccc3)c3ccccc3C(C)(C)C)cc2)cc1. The number of hydrogen-bond donors (Lipinski definition) is 0. The van der Waals surface area contributed by atoms with Gasteiger partial charge in [0.15, 0.2) is 0 Å². The van der Waals surface area contributed by atoms with E-state index in [1.54, 1.807) is 0 Å². The summed E-state index contributed by atoms with van der Waals surface area (Å²) in [5.41, 5.74) is 12.0. The van der Waals surface area contributed by atoms with Gasteiger partial charge in [-0.05, 0) is 93.7 Å². The van der Waals surface area contributed by atoms with Crippen LogP contribution in [-0.4, -0.2) is 0 Å². The normalized spacial score (nSPS) is 11.7. The van der Waals surface area contributed by atoms with Crippen LogP contribution in [0.5, 0.6) is 0 Å².